The second-order valence-electron chi connectivity index (χ2n) is 9.02. The Morgan fingerprint density at radius 2 is 1.87 bits per heavy atom. The third-order valence-corrected chi connectivity index (χ3v) is 6.39. The van der Waals surface area contributed by atoms with E-state index in [1.165, 1.54) is 0 Å². The Balaban J connectivity index is 1.45. The Morgan fingerprint density at radius 3 is 2.66 bits per heavy atom. The standard InChI is InChI=1S/C30H24N6O2/c1-19(33-30(37)27-23-12-6-7-16-36(23)34-29(27)31)28-26(21-9-4-3-5-10-21)25-22(11-8-13-24(25)38-28)15-14-20-17-32-35(2)18-20/h3-13,16-19H,1-2H3,(H2,31,34)(H,33,37). The van der Waals surface area contributed by atoms with Crippen LogP contribution in [0.25, 0.3) is 27.6 Å². The van der Waals surface area contributed by atoms with Crippen molar-refractivity contribution in [1.82, 2.24) is 24.7 Å². The Bertz CT molecular complexity index is 1870. The van der Waals surface area contributed by atoms with Crippen molar-refractivity contribution >= 4 is 28.2 Å². The molecule has 0 saturated heterocycles. The zero-order valence-electron chi connectivity index (χ0n) is 20.8. The number of carbonyl (C=O) groups is 1. The normalized spacial score (nSPS) is 11.8. The predicted molar refractivity (Wildman–Crippen MR) is 146 cm³/mol. The minimum atomic E-state index is -0.470. The number of benzene rings is 2. The minimum Gasteiger partial charge on any atom is -0.458 e. The summed E-state index contributed by atoms with van der Waals surface area (Å²) in [5.41, 5.74) is 11.3. The van der Waals surface area contributed by atoms with Crippen LogP contribution in [0.1, 0.15) is 40.2 Å². The predicted octanol–water partition coefficient (Wildman–Crippen LogP) is 4.95. The van der Waals surface area contributed by atoms with E-state index in [4.69, 9.17) is 10.2 Å². The number of fused-ring (bicyclic) bond motifs is 2. The zero-order chi connectivity index (χ0) is 26.2. The molecule has 6 rings (SSSR count). The van der Waals surface area contributed by atoms with E-state index in [2.05, 4.69) is 27.4 Å². The number of anilines is 1. The Hall–Kier alpha value is -5.29. The van der Waals surface area contributed by atoms with Gasteiger partial charge in [0.15, 0.2) is 5.82 Å². The van der Waals surface area contributed by atoms with Crippen molar-refractivity contribution in [3.8, 4) is 23.0 Å². The number of aromatic nitrogens is 4. The zero-order valence-corrected chi connectivity index (χ0v) is 20.8. The van der Waals surface area contributed by atoms with Gasteiger partial charge in [-0.3, -0.25) is 9.48 Å². The van der Waals surface area contributed by atoms with Crippen molar-refractivity contribution in [2.24, 2.45) is 7.05 Å². The van der Waals surface area contributed by atoms with Crippen LogP contribution in [0.15, 0.2) is 89.7 Å². The second-order valence-corrected chi connectivity index (χ2v) is 9.02. The van der Waals surface area contributed by atoms with Crippen molar-refractivity contribution in [2.75, 3.05) is 5.73 Å². The fourth-order valence-electron chi connectivity index (χ4n) is 4.68. The van der Waals surface area contributed by atoms with Gasteiger partial charge in [-0.1, -0.05) is 54.3 Å². The molecule has 6 aromatic rings. The van der Waals surface area contributed by atoms with Crippen LogP contribution in [0, 0.1) is 11.8 Å². The van der Waals surface area contributed by atoms with Crippen LogP contribution in [0.5, 0.6) is 0 Å². The van der Waals surface area contributed by atoms with Crippen LogP contribution in [0.2, 0.25) is 0 Å². The summed E-state index contributed by atoms with van der Waals surface area (Å²) in [7, 11) is 1.86. The number of nitrogen functional groups attached to an aromatic ring is 1. The van der Waals surface area contributed by atoms with Crippen LogP contribution in [0.3, 0.4) is 0 Å². The summed E-state index contributed by atoms with van der Waals surface area (Å²) in [6.07, 6.45) is 5.36. The summed E-state index contributed by atoms with van der Waals surface area (Å²) in [5.74, 6) is 6.96. The van der Waals surface area contributed by atoms with Crippen molar-refractivity contribution < 1.29 is 9.21 Å². The van der Waals surface area contributed by atoms with Gasteiger partial charge in [-0.2, -0.15) is 5.10 Å². The van der Waals surface area contributed by atoms with Gasteiger partial charge in [0.1, 0.15) is 16.9 Å². The van der Waals surface area contributed by atoms with Crippen LogP contribution in [-0.4, -0.2) is 25.3 Å². The van der Waals surface area contributed by atoms with Crippen molar-refractivity contribution in [3.05, 3.63) is 108 Å². The maximum Gasteiger partial charge on any atom is 0.257 e. The summed E-state index contributed by atoms with van der Waals surface area (Å²) in [5, 5.41) is 12.4. The van der Waals surface area contributed by atoms with Gasteiger partial charge in [-0.25, -0.2) is 4.52 Å². The Kier molecular flexibility index (Phi) is 5.66. The van der Waals surface area contributed by atoms with E-state index in [1.54, 1.807) is 21.6 Å². The lowest BCUT2D eigenvalue weighted by atomic mass is 9.96. The van der Waals surface area contributed by atoms with Gasteiger partial charge in [-0.15, -0.1) is 5.10 Å². The van der Waals surface area contributed by atoms with Crippen molar-refractivity contribution in [2.45, 2.75) is 13.0 Å². The number of rotatable bonds is 4. The lowest BCUT2D eigenvalue weighted by Gasteiger charge is -2.14. The maximum atomic E-state index is 13.4. The molecule has 3 N–H and O–H groups in total. The highest BCUT2D eigenvalue weighted by atomic mass is 16.3. The average molecular weight is 501 g/mol. The SMILES string of the molecule is CC(NC(=O)c1c(N)nn2ccccc12)c1oc2cccc(C#Cc3cnn(C)c3)c2c1-c1ccccc1. The minimum absolute atomic E-state index is 0.168. The molecule has 1 amide bonds. The number of nitrogens with one attached hydrogen (secondary N) is 1. The van der Waals surface area contributed by atoms with Gasteiger partial charge < -0.3 is 15.5 Å². The van der Waals surface area contributed by atoms with E-state index in [0.29, 0.717) is 22.4 Å². The van der Waals surface area contributed by atoms with E-state index in [1.807, 2.05) is 86.9 Å². The van der Waals surface area contributed by atoms with E-state index in [9.17, 15) is 4.79 Å². The number of amides is 1. The number of hydrogen-bond donors (Lipinski definition) is 2. The van der Waals surface area contributed by atoms with E-state index in [0.717, 1.165) is 27.6 Å². The first-order valence-corrected chi connectivity index (χ1v) is 12.1. The molecule has 0 radical (unpaired) electrons. The molecule has 1 atom stereocenters. The topological polar surface area (TPSA) is 103 Å². The molecule has 1 unspecified atom stereocenters. The number of furan rings is 1. The van der Waals surface area contributed by atoms with Crippen LogP contribution < -0.4 is 11.1 Å². The van der Waals surface area contributed by atoms with Gasteiger partial charge in [0.2, 0.25) is 0 Å². The first-order chi connectivity index (χ1) is 18.5. The highest BCUT2D eigenvalue weighted by Gasteiger charge is 2.26. The molecular weight excluding hydrogens is 476 g/mol. The molecule has 0 fully saturated rings. The van der Waals surface area contributed by atoms with Crippen LogP contribution in [0.4, 0.5) is 5.82 Å². The fourth-order valence-corrected chi connectivity index (χ4v) is 4.68. The van der Waals surface area contributed by atoms with Crippen LogP contribution >= 0.6 is 0 Å². The van der Waals surface area contributed by atoms with Gasteiger partial charge in [0, 0.05) is 36.0 Å². The molecule has 0 aliphatic rings. The molecular formula is C30H24N6O2. The number of carbonyl (C=O) groups excluding carboxylic acids is 1. The summed E-state index contributed by atoms with van der Waals surface area (Å²) in [6, 6.07) is 20.8. The molecule has 0 saturated carbocycles. The van der Waals surface area contributed by atoms with Gasteiger partial charge in [0.05, 0.1) is 23.3 Å². The first-order valence-electron chi connectivity index (χ1n) is 12.1. The largest absolute Gasteiger partial charge is 0.458 e. The van der Waals surface area contributed by atoms with E-state index in [-0.39, 0.29) is 11.7 Å². The molecule has 0 spiro atoms. The summed E-state index contributed by atoms with van der Waals surface area (Å²) >= 11 is 0. The third kappa shape index (κ3) is 4.06. The number of nitrogens with two attached hydrogens (primary N) is 1. The number of hydrogen-bond acceptors (Lipinski definition) is 5. The van der Waals surface area contributed by atoms with Gasteiger partial charge in [0.25, 0.3) is 5.91 Å². The molecule has 0 aliphatic carbocycles. The van der Waals surface area contributed by atoms with Crippen molar-refractivity contribution in [1.29, 1.82) is 0 Å². The second kappa shape index (κ2) is 9.30. The highest BCUT2D eigenvalue weighted by molar-refractivity contribution is 6.05. The average Bonchev–Trinajstić information content (AvgIpc) is 3.62. The van der Waals surface area contributed by atoms with E-state index >= 15 is 0 Å². The first kappa shape index (κ1) is 23.1. The molecule has 8 heteroatoms. The maximum absolute atomic E-state index is 13.4. The molecule has 186 valence electrons. The lowest BCUT2D eigenvalue weighted by Crippen LogP contribution is -2.27. The monoisotopic (exact) mass is 500 g/mol. The molecule has 4 aromatic heterocycles. The molecule has 2 aromatic carbocycles. The molecule has 0 bridgehead atoms. The molecule has 4 heterocycles. The van der Waals surface area contributed by atoms with Gasteiger partial charge in [-0.05, 0) is 36.8 Å². The summed E-state index contributed by atoms with van der Waals surface area (Å²) in [6.45, 7) is 1.89. The molecule has 0 aliphatic heterocycles. The summed E-state index contributed by atoms with van der Waals surface area (Å²) < 4.78 is 9.71. The number of aryl methyl sites for hydroxylation is 1. The Morgan fingerprint density at radius 1 is 1.05 bits per heavy atom. The molecule has 8 nitrogen and oxygen atoms in total. The number of pyridine rings is 1. The van der Waals surface area contributed by atoms with Crippen LogP contribution in [-0.2, 0) is 7.05 Å². The van der Waals surface area contributed by atoms with Gasteiger partial charge >= 0.3 is 0 Å². The van der Waals surface area contributed by atoms with E-state index < -0.39 is 6.04 Å². The summed E-state index contributed by atoms with van der Waals surface area (Å²) in [4.78, 5) is 13.4. The highest BCUT2D eigenvalue weighted by Crippen LogP contribution is 2.39. The quantitative estimate of drug-likeness (QED) is 0.333. The Labute approximate surface area is 218 Å². The fraction of sp³-hybridized carbons (Fsp3) is 0.100. The number of nitrogens with zero attached hydrogens (tertiary/aromatic N) is 4. The third-order valence-electron chi connectivity index (χ3n) is 6.39. The van der Waals surface area contributed by atoms with Crippen molar-refractivity contribution in [3.63, 3.8) is 0 Å². The lowest BCUT2D eigenvalue weighted by molar-refractivity contribution is 0.0938. The smallest absolute Gasteiger partial charge is 0.257 e. The molecule has 38 heavy (non-hydrogen) atoms.